The highest BCUT2D eigenvalue weighted by atomic mass is 16.2. The normalized spacial score (nSPS) is 18.0. The first-order chi connectivity index (χ1) is 10.2. The first kappa shape index (κ1) is 13.6. The number of carbonyl (C=O) groups excluding carboxylic acids is 3. The number of carbonyl (C=O) groups is 3. The van der Waals surface area contributed by atoms with Gasteiger partial charge in [-0.2, -0.15) is 0 Å². The van der Waals surface area contributed by atoms with Gasteiger partial charge in [0, 0.05) is 26.2 Å². The molecule has 110 valence electrons. The van der Waals surface area contributed by atoms with Crippen LogP contribution in [0.1, 0.15) is 0 Å². The largest absolute Gasteiger partial charge is 0.332 e. The van der Waals surface area contributed by atoms with Gasteiger partial charge in [0.05, 0.1) is 11.4 Å². The molecule has 1 aromatic rings. The van der Waals surface area contributed by atoms with Crippen molar-refractivity contribution < 1.29 is 14.4 Å². The lowest BCUT2D eigenvalue weighted by Gasteiger charge is -2.32. The molecule has 2 N–H and O–H groups in total. The summed E-state index contributed by atoms with van der Waals surface area (Å²) in [4.78, 5) is 39.2. The van der Waals surface area contributed by atoms with Crippen molar-refractivity contribution in [3.63, 3.8) is 0 Å². The molecule has 3 amide bonds. The SMILES string of the molecule is O=C1CN(C(=O)C(=O)N2CCNCC2)c2ccccc2N1. The molecular weight excluding hydrogens is 272 g/mol. The van der Waals surface area contributed by atoms with Crippen LogP contribution in [0.25, 0.3) is 0 Å². The molecule has 1 aromatic carbocycles. The number of fused-ring (bicyclic) bond motifs is 1. The predicted octanol–water partition coefficient (Wildman–Crippen LogP) is -0.596. The zero-order valence-corrected chi connectivity index (χ0v) is 11.5. The number of piperazine rings is 1. The van der Waals surface area contributed by atoms with Crippen LogP contribution < -0.4 is 15.5 Å². The molecule has 0 unspecified atom stereocenters. The Balaban J connectivity index is 1.84. The van der Waals surface area contributed by atoms with Gasteiger partial charge in [-0.1, -0.05) is 12.1 Å². The molecule has 0 spiro atoms. The lowest BCUT2D eigenvalue weighted by Crippen LogP contribution is -2.54. The van der Waals surface area contributed by atoms with Crippen molar-refractivity contribution in [1.82, 2.24) is 10.2 Å². The van der Waals surface area contributed by atoms with Crippen LogP contribution in [0.3, 0.4) is 0 Å². The molecule has 3 rings (SSSR count). The molecule has 7 heteroatoms. The maximum atomic E-state index is 12.4. The fourth-order valence-electron chi connectivity index (χ4n) is 2.53. The monoisotopic (exact) mass is 288 g/mol. The summed E-state index contributed by atoms with van der Waals surface area (Å²) in [5.74, 6) is -1.50. The Morgan fingerprint density at radius 3 is 2.52 bits per heavy atom. The maximum Gasteiger partial charge on any atom is 0.317 e. The number of nitrogens with one attached hydrogen (secondary N) is 2. The van der Waals surface area contributed by atoms with Gasteiger partial charge in [0.25, 0.3) is 0 Å². The maximum absolute atomic E-state index is 12.4. The molecule has 21 heavy (non-hydrogen) atoms. The lowest BCUT2D eigenvalue weighted by molar-refractivity contribution is -0.145. The van der Waals surface area contributed by atoms with Crippen LogP contribution >= 0.6 is 0 Å². The van der Waals surface area contributed by atoms with E-state index in [4.69, 9.17) is 0 Å². The van der Waals surface area contributed by atoms with Crippen molar-refractivity contribution in [3.05, 3.63) is 24.3 Å². The van der Waals surface area contributed by atoms with Crippen LogP contribution in [-0.2, 0) is 14.4 Å². The Morgan fingerprint density at radius 1 is 1.05 bits per heavy atom. The quantitative estimate of drug-likeness (QED) is 0.625. The minimum atomic E-state index is -0.654. The van der Waals surface area contributed by atoms with Crippen molar-refractivity contribution in [2.75, 3.05) is 42.9 Å². The van der Waals surface area contributed by atoms with E-state index in [0.29, 0.717) is 37.6 Å². The van der Waals surface area contributed by atoms with Gasteiger partial charge in [0.1, 0.15) is 6.54 Å². The molecule has 0 bridgehead atoms. The first-order valence-electron chi connectivity index (χ1n) is 6.87. The molecule has 1 fully saturated rings. The lowest BCUT2D eigenvalue weighted by atomic mass is 10.2. The molecule has 7 nitrogen and oxygen atoms in total. The molecule has 0 aliphatic carbocycles. The Hall–Kier alpha value is -2.41. The second-order valence-electron chi connectivity index (χ2n) is 5.00. The van der Waals surface area contributed by atoms with Gasteiger partial charge in [0.2, 0.25) is 5.91 Å². The van der Waals surface area contributed by atoms with Gasteiger partial charge >= 0.3 is 11.8 Å². The van der Waals surface area contributed by atoms with Gasteiger partial charge in [-0.3, -0.25) is 19.3 Å². The molecular formula is C14H16N4O3. The van der Waals surface area contributed by atoms with Crippen LogP contribution in [0.4, 0.5) is 11.4 Å². The zero-order valence-electron chi connectivity index (χ0n) is 11.5. The highest BCUT2D eigenvalue weighted by molar-refractivity contribution is 6.41. The summed E-state index contributed by atoms with van der Waals surface area (Å²) in [6.45, 7) is 2.23. The number of hydrogen-bond donors (Lipinski definition) is 2. The highest BCUT2D eigenvalue weighted by Gasteiger charge is 2.33. The van der Waals surface area contributed by atoms with E-state index in [1.165, 1.54) is 9.80 Å². The second-order valence-corrected chi connectivity index (χ2v) is 5.00. The molecule has 2 heterocycles. The summed E-state index contributed by atoms with van der Waals surface area (Å²) >= 11 is 0. The molecule has 2 aliphatic heterocycles. The van der Waals surface area contributed by atoms with Crippen molar-refractivity contribution in [2.24, 2.45) is 0 Å². The van der Waals surface area contributed by atoms with E-state index in [0.717, 1.165) is 0 Å². The Bertz CT molecular complexity index is 596. The van der Waals surface area contributed by atoms with Crippen molar-refractivity contribution in [2.45, 2.75) is 0 Å². The van der Waals surface area contributed by atoms with Crippen LogP contribution in [0.2, 0.25) is 0 Å². The molecule has 1 saturated heterocycles. The average Bonchev–Trinajstić information content (AvgIpc) is 2.53. The Kier molecular flexibility index (Phi) is 3.57. The van der Waals surface area contributed by atoms with E-state index >= 15 is 0 Å². The summed E-state index contributed by atoms with van der Waals surface area (Å²) < 4.78 is 0. The number of amides is 3. The summed E-state index contributed by atoms with van der Waals surface area (Å²) in [5.41, 5.74) is 1.11. The number of nitrogens with zero attached hydrogens (tertiary/aromatic N) is 2. The van der Waals surface area contributed by atoms with E-state index in [1.54, 1.807) is 24.3 Å². The average molecular weight is 288 g/mol. The van der Waals surface area contributed by atoms with Crippen molar-refractivity contribution in [1.29, 1.82) is 0 Å². The number of benzene rings is 1. The number of rotatable bonds is 0. The third-order valence-corrected chi connectivity index (χ3v) is 3.60. The van der Waals surface area contributed by atoms with Gasteiger partial charge in [-0.25, -0.2) is 0 Å². The smallest absolute Gasteiger partial charge is 0.317 e. The third kappa shape index (κ3) is 2.59. The van der Waals surface area contributed by atoms with Crippen LogP contribution in [-0.4, -0.2) is 55.3 Å². The van der Waals surface area contributed by atoms with Crippen LogP contribution in [0.15, 0.2) is 24.3 Å². The predicted molar refractivity (Wildman–Crippen MR) is 76.9 cm³/mol. The van der Waals surface area contributed by atoms with Gasteiger partial charge < -0.3 is 15.5 Å². The fraction of sp³-hybridized carbons (Fsp3) is 0.357. The summed E-state index contributed by atoms with van der Waals surface area (Å²) in [6, 6.07) is 6.97. The highest BCUT2D eigenvalue weighted by Crippen LogP contribution is 2.29. The molecule has 0 atom stereocenters. The first-order valence-corrected chi connectivity index (χ1v) is 6.87. The molecule has 0 radical (unpaired) electrons. The topological polar surface area (TPSA) is 81.8 Å². The molecule has 2 aliphatic rings. The minimum absolute atomic E-state index is 0.131. The standard InChI is InChI=1S/C14H16N4O3/c19-12-9-18(11-4-2-1-3-10(11)16-12)14(21)13(20)17-7-5-15-6-8-17/h1-4,15H,5-9H2,(H,16,19). The number of anilines is 2. The Morgan fingerprint density at radius 2 is 1.76 bits per heavy atom. The summed E-state index contributed by atoms with van der Waals surface area (Å²) in [7, 11) is 0. The van der Waals surface area contributed by atoms with Gasteiger partial charge in [-0.05, 0) is 12.1 Å². The van der Waals surface area contributed by atoms with Crippen LogP contribution in [0, 0.1) is 0 Å². The van der Waals surface area contributed by atoms with E-state index < -0.39 is 11.8 Å². The van der Waals surface area contributed by atoms with Crippen molar-refractivity contribution >= 4 is 29.1 Å². The fourth-order valence-corrected chi connectivity index (χ4v) is 2.53. The molecule has 0 saturated carbocycles. The number of para-hydroxylation sites is 2. The van der Waals surface area contributed by atoms with Gasteiger partial charge in [0.15, 0.2) is 0 Å². The summed E-state index contributed by atoms with van der Waals surface area (Å²) in [5, 5.41) is 5.82. The van der Waals surface area contributed by atoms with Gasteiger partial charge in [-0.15, -0.1) is 0 Å². The summed E-state index contributed by atoms with van der Waals surface area (Å²) in [6.07, 6.45) is 0. The second kappa shape index (κ2) is 5.53. The number of hydrogen-bond acceptors (Lipinski definition) is 4. The van der Waals surface area contributed by atoms with E-state index in [2.05, 4.69) is 10.6 Å². The molecule has 0 aromatic heterocycles. The minimum Gasteiger partial charge on any atom is -0.332 e. The van der Waals surface area contributed by atoms with Crippen LogP contribution in [0.5, 0.6) is 0 Å². The zero-order chi connectivity index (χ0) is 14.8. The van der Waals surface area contributed by atoms with E-state index in [-0.39, 0.29) is 12.5 Å². The third-order valence-electron chi connectivity index (χ3n) is 3.60. The van der Waals surface area contributed by atoms with E-state index in [9.17, 15) is 14.4 Å². The Labute approximate surface area is 121 Å². The van der Waals surface area contributed by atoms with Crippen molar-refractivity contribution in [3.8, 4) is 0 Å². The van der Waals surface area contributed by atoms with E-state index in [1.807, 2.05) is 0 Å².